The SMILES string of the molecule is Cc1ccc(N(c2ccc(C)cc2)c2ccc(C=C=C=C(c3ccccc3)c3ccccc3)cc2)cc1. The lowest BCUT2D eigenvalue weighted by molar-refractivity contribution is 1.27. The van der Waals surface area contributed by atoms with E-state index >= 15 is 0 Å². The van der Waals surface area contributed by atoms with Gasteiger partial charge in [0, 0.05) is 22.6 Å². The molecule has 0 aliphatic carbocycles. The topological polar surface area (TPSA) is 3.24 Å². The van der Waals surface area contributed by atoms with E-state index in [2.05, 4.69) is 152 Å². The molecule has 37 heavy (non-hydrogen) atoms. The van der Waals surface area contributed by atoms with Gasteiger partial charge in [-0.1, -0.05) is 120 Å². The number of hydrogen-bond donors (Lipinski definition) is 0. The Kier molecular flexibility index (Phi) is 7.30. The minimum Gasteiger partial charge on any atom is -0.311 e. The second-order valence-corrected chi connectivity index (χ2v) is 9.12. The number of anilines is 3. The van der Waals surface area contributed by atoms with Crippen LogP contribution in [0, 0.1) is 13.8 Å². The first-order valence-electron chi connectivity index (χ1n) is 12.5. The van der Waals surface area contributed by atoms with Gasteiger partial charge in [-0.15, -0.1) is 0 Å². The molecular weight excluding hydrogens is 446 g/mol. The molecule has 0 heterocycles. The molecule has 0 aliphatic rings. The van der Waals surface area contributed by atoms with E-state index in [1.807, 2.05) is 18.2 Å². The van der Waals surface area contributed by atoms with Gasteiger partial charge in [-0.3, -0.25) is 0 Å². The molecule has 0 N–H and O–H groups in total. The highest BCUT2D eigenvalue weighted by atomic mass is 15.1. The Bertz CT molecular complexity index is 1460. The van der Waals surface area contributed by atoms with Crippen LogP contribution < -0.4 is 4.90 Å². The van der Waals surface area contributed by atoms with Crippen molar-refractivity contribution >= 4 is 28.7 Å². The molecule has 1 nitrogen and oxygen atoms in total. The molecule has 0 aliphatic heterocycles. The number of aryl methyl sites for hydroxylation is 2. The summed E-state index contributed by atoms with van der Waals surface area (Å²) in [6.45, 7) is 4.23. The Balaban J connectivity index is 1.50. The van der Waals surface area contributed by atoms with Crippen LogP contribution in [0.15, 0.2) is 145 Å². The normalized spacial score (nSPS) is 10.2. The van der Waals surface area contributed by atoms with Crippen molar-refractivity contribution in [3.8, 4) is 0 Å². The molecule has 5 aromatic rings. The van der Waals surface area contributed by atoms with Crippen LogP contribution in [-0.2, 0) is 0 Å². The predicted molar refractivity (Wildman–Crippen MR) is 157 cm³/mol. The summed E-state index contributed by atoms with van der Waals surface area (Å²) in [6, 6.07) is 46.6. The predicted octanol–water partition coefficient (Wildman–Crippen LogP) is 9.67. The fourth-order valence-corrected chi connectivity index (χ4v) is 4.27. The van der Waals surface area contributed by atoms with E-state index in [0.29, 0.717) is 0 Å². The van der Waals surface area contributed by atoms with Gasteiger partial charge in [0.15, 0.2) is 0 Å². The molecule has 0 radical (unpaired) electrons. The van der Waals surface area contributed by atoms with E-state index in [-0.39, 0.29) is 0 Å². The molecule has 0 amide bonds. The fraction of sp³-hybridized carbons (Fsp3) is 0.0556. The third-order valence-corrected chi connectivity index (χ3v) is 6.30. The van der Waals surface area contributed by atoms with Crippen LogP contribution in [0.5, 0.6) is 0 Å². The maximum Gasteiger partial charge on any atom is 0.0462 e. The maximum atomic E-state index is 3.40. The van der Waals surface area contributed by atoms with Gasteiger partial charge in [0.1, 0.15) is 0 Å². The Morgan fingerprint density at radius 3 is 1.35 bits per heavy atom. The van der Waals surface area contributed by atoms with Gasteiger partial charge in [0.2, 0.25) is 0 Å². The van der Waals surface area contributed by atoms with Crippen molar-refractivity contribution in [3.63, 3.8) is 0 Å². The monoisotopic (exact) mass is 475 g/mol. The number of nitrogens with zero attached hydrogens (tertiary/aromatic N) is 1. The molecule has 0 spiro atoms. The summed E-state index contributed by atoms with van der Waals surface area (Å²) in [6.07, 6.45) is 1.98. The van der Waals surface area contributed by atoms with Crippen LogP contribution in [0.2, 0.25) is 0 Å². The van der Waals surface area contributed by atoms with Crippen molar-refractivity contribution < 1.29 is 0 Å². The summed E-state index contributed by atoms with van der Waals surface area (Å²) in [5.74, 6) is 0. The Labute approximate surface area is 220 Å². The summed E-state index contributed by atoms with van der Waals surface area (Å²) in [7, 11) is 0. The summed E-state index contributed by atoms with van der Waals surface area (Å²) in [5.41, 5.74) is 16.9. The number of rotatable bonds is 6. The Hall–Kier alpha value is -4.80. The largest absolute Gasteiger partial charge is 0.311 e. The van der Waals surface area contributed by atoms with Crippen molar-refractivity contribution in [2.75, 3.05) is 4.90 Å². The minimum atomic E-state index is 1.03. The second-order valence-electron chi connectivity index (χ2n) is 9.12. The molecule has 5 rings (SSSR count). The third kappa shape index (κ3) is 5.89. The zero-order valence-corrected chi connectivity index (χ0v) is 21.2. The lowest BCUT2D eigenvalue weighted by Crippen LogP contribution is -2.09. The van der Waals surface area contributed by atoms with E-state index < -0.39 is 0 Å². The molecule has 0 aromatic heterocycles. The minimum absolute atomic E-state index is 1.03. The highest BCUT2D eigenvalue weighted by Crippen LogP contribution is 2.34. The molecule has 5 aromatic carbocycles. The van der Waals surface area contributed by atoms with Crippen molar-refractivity contribution in [2.24, 2.45) is 0 Å². The quantitative estimate of drug-likeness (QED) is 0.221. The van der Waals surface area contributed by atoms with Crippen molar-refractivity contribution in [1.29, 1.82) is 0 Å². The van der Waals surface area contributed by atoms with E-state index in [9.17, 15) is 0 Å². The lowest BCUT2D eigenvalue weighted by atomic mass is 9.99. The van der Waals surface area contributed by atoms with Gasteiger partial charge in [0.25, 0.3) is 0 Å². The third-order valence-electron chi connectivity index (χ3n) is 6.30. The molecule has 0 saturated carbocycles. The zero-order valence-electron chi connectivity index (χ0n) is 21.2. The Morgan fingerprint density at radius 1 is 0.514 bits per heavy atom. The first-order chi connectivity index (χ1) is 18.2. The van der Waals surface area contributed by atoms with Crippen molar-refractivity contribution in [3.05, 3.63) is 173 Å². The van der Waals surface area contributed by atoms with Crippen LogP contribution in [0.4, 0.5) is 17.1 Å². The van der Waals surface area contributed by atoms with Gasteiger partial charge in [-0.05, 0) is 73.0 Å². The van der Waals surface area contributed by atoms with Crippen LogP contribution in [-0.4, -0.2) is 0 Å². The molecule has 1 heteroatoms. The van der Waals surface area contributed by atoms with Crippen LogP contribution in [0.25, 0.3) is 11.6 Å². The van der Waals surface area contributed by atoms with Crippen molar-refractivity contribution in [2.45, 2.75) is 13.8 Å². The van der Waals surface area contributed by atoms with Gasteiger partial charge in [-0.2, -0.15) is 0 Å². The van der Waals surface area contributed by atoms with Gasteiger partial charge in [0.05, 0.1) is 0 Å². The Morgan fingerprint density at radius 2 is 0.919 bits per heavy atom. The molecule has 178 valence electrons. The molecule has 0 atom stereocenters. The molecular formula is C36H29N. The standard InChI is InChI=1S/C36H29N/c1-28-16-22-33(23-17-28)37(34-24-18-29(2)19-25-34)35-26-20-30(21-27-35)10-9-15-36(31-11-5-3-6-12-31)32-13-7-4-8-14-32/h3-8,10-14,16-27H,1-2H3. The van der Waals surface area contributed by atoms with Crippen LogP contribution >= 0.6 is 0 Å². The summed E-state index contributed by atoms with van der Waals surface area (Å²) < 4.78 is 0. The molecule has 0 fully saturated rings. The summed E-state index contributed by atoms with van der Waals surface area (Å²) >= 11 is 0. The van der Waals surface area contributed by atoms with Gasteiger partial charge >= 0.3 is 0 Å². The maximum absolute atomic E-state index is 3.40. The summed E-state index contributed by atoms with van der Waals surface area (Å²) in [4.78, 5) is 2.28. The van der Waals surface area contributed by atoms with E-state index in [1.165, 1.54) is 11.1 Å². The fourth-order valence-electron chi connectivity index (χ4n) is 4.27. The molecule has 0 bridgehead atoms. The first kappa shape index (κ1) is 23.9. The highest BCUT2D eigenvalue weighted by Gasteiger charge is 2.12. The van der Waals surface area contributed by atoms with E-state index in [0.717, 1.165) is 39.3 Å². The number of hydrogen-bond acceptors (Lipinski definition) is 1. The average molecular weight is 476 g/mol. The van der Waals surface area contributed by atoms with Crippen molar-refractivity contribution in [1.82, 2.24) is 0 Å². The smallest absolute Gasteiger partial charge is 0.0462 e. The van der Waals surface area contributed by atoms with Gasteiger partial charge < -0.3 is 4.90 Å². The molecule has 0 unspecified atom stereocenters. The average Bonchev–Trinajstić information content (AvgIpc) is 2.95. The molecule has 0 saturated heterocycles. The lowest BCUT2D eigenvalue weighted by Gasteiger charge is -2.25. The number of benzene rings is 5. The van der Waals surface area contributed by atoms with Crippen LogP contribution in [0.3, 0.4) is 0 Å². The highest BCUT2D eigenvalue weighted by molar-refractivity contribution is 5.80. The first-order valence-corrected chi connectivity index (χ1v) is 12.5. The van der Waals surface area contributed by atoms with E-state index in [1.54, 1.807) is 0 Å². The van der Waals surface area contributed by atoms with Gasteiger partial charge in [-0.25, -0.2) is 0 Å². The zero-order chi connectivity index (χ0) is 25.5. The van der Waals surface area contributed by atoms with E-state index in [4.69, 9.17) is 0 Å². The second kappa shape index (κ2) is 11.3. The summed E-state index contributed by atoms with van der Waals surface area (Å²) in [5, 5.41) is 0. The van der Waals surface area contributed by atoms with Crippen LogP contribution in [0.1, 0.15) is 27.8 Å².